The highest BCUT2D eigenvalue weighted by Gasteiger charge is 2.70. The standard InChI is InChI=1S/C21H29NO6/c1-8-19(2,3)21(24)17(16-12-27-20(4,5)28-16)22(18(21)23)14-10-9-13(25-6)11-15(14)26-7/h8-11,16-17,24H,1,12H2,2-7H3/t16-,17+,21-/m1/s1. The third-order valence-corrected chi connectivity index (χ3v) is 5.77. The normalized spacial score (nSPS) is 29.4. The number of ether oxygens (including phenoxy) is 4. The molecule has 2 saturated heterocycles. The van der Waals surface area contributed by atoms with Crippen LogP contribution in [-0.4, -0.2) is 55.4 Å². The smallest absolute Gasteiger partial charge is 0.262 e. The zero-order valence-electron chi connectivity index (χ0n) is 17.3. The van der Waals surface area contributed by atoms with E-state index < -0.39 is 34.9 Å². The molecule has 7 nitrogen and oxygen atoms in total. The molecule has 1 aromatic carbocycles. The Bertz CT molecular complexity index is 789. The first-order chi connectivity index (χ1) is 13.0. The summed E-state index contributed by atoms with van der Waals surface area (Å²) in [5.41, 5.74) is -2.02. The van der Waals surface area contributed by atoms with E-state index in [2.05, 4.69) is 6.58 Å². The lowest BCUT2D eigenvalue weighted by atomic mass is 9.62. The summed E-state index contributed by atoms with van der Waals surface area (Å²) in [6.07, 6.45) is 1.09. The van der Waals surface area contributed by atoms with E-state index >= 15 is 0 Å². The zero-order valence-corrected chi connectivity index (χ0v) is 17.3. The lowest BCUT2D eigenvalue weighted by molar-refractivity contribution is -0.188. The molecule has 0 aromatic heterocycles. The van der Waals surface area contributed by atoms with Gasteiger partial charge in [0, 0.05) is 11.5 Å². The van der Waals surface area contributed by atoms with E-state index in [4.69, 9.17) is 18.9 Å². The molecule has 2 heterocycles. The largest absolute Gasteiger partial charge is 0.497 e. The van der Waals surface area contributed by atoms with Gasteiger partial charge in [-0.2, -0.15) is 0 Å². The summed E-state index contributed by atoms with van der Waals surface area (Å²) in [7, 11) is 3.08. The lowest BCUT2D eigenvalue weighted by Crippen LogP contribution is -2.82. The maximum absolute atomic E-state index is 13.3. The first-order valence-electron chi connectivity index (χ1n) is 9.26. The quantitative estimate of drug-likeness (QED) is 0.593. The van der Waals surface area contributed by atoms with E-state index in [0.29, 0.717) is 17.2 Å². The Morgan fingerprint density at radius 2 is 2.00 bits per heavy atom. The van der Waals surface area contributed by atoms with Gasteiger partial charge in [0.15, 0.2) is 11.4 Å². The summed E-state index contributed by atoms with van der Waals surface area (Å²) in [4.78, 5) is 14.8. The predicted octanol–water partition coefficient (Wildman–Crippen LogP) is 2.51. The van der Waals surface area contributed by atoms with Crippen molar-refractivity contribution < 1.29 is 28.8 Å². The molecular weight excluding hydrogens is 362 g/mol. The molecular formula is C21H29NO6. The topological polar surface area (TPSA) is 77.5 Å². The van der Waals surface area contributed by atoms with Crippen LogP contribution >= 0.6 is 0 Å². The molecule has 0 aliphatic carbocycles. The van der Waals surface area contributed by atoms with E-state index in [0.717, 1.165) is 0 Å². The predicted molar refractivity (Wildman–Crippen MR) is 105 cm³/mol. The highest BCUT2D eigenvalue weighted by molar-refractivity contribution is 6.10. The number of benzene rings is 1. The Labute approximate surface area is 165 Å². The van der Waals surface area contributed by atoms with E-state index in [1.165, 1.54) is 12.0 Å². The van der Waals surface area contributed by atoms with Crippen molar-refractivity contribution in [2.24, 2.45) is 5.41 Å². The summed E-state index contributed by atoms with van der Waals surface area (Å²) in [5, 5.41) is 11.5. The molecule has 1 N–H and O–H groups in total. The number of carbonyl (C=O) groups is 1. The minimum absolute atomic E-state index is 0.259. The monoisotopic (exact) mass is 391 g/mol. The van der Waals surface area contributed by atoms with Crippen molar-refractivity contribution in [3.05, 3.63) is 30.9 Å². The molecule has 28 heavy (non-hydrogen) atoms. The van der Waals surface area contributed by atoms with Crippen LogP contribution in [-0.2, 0) is 14.3 Å². The Balaban J connectivity index is 2.08. The van der Waals surface area contributed by atoms with Gasteiger partial charge in [-0.3, -0.25) is 9.69 Å². The van der Waals surface area contributed by atoms with Crippen LogP contribution < -0.4 is 14.4 Å². The summed E-state index contributed by atoms with van der Waals surface area (Å²) in [5.74, 6) is -0.153. The fourth-order valence-corrected chi connectivity index (χ4v) is 3.92. The molecule has 154 valence electrons. The second kappa shape index (κ2) is 6.76. The number of hydrogen-bond donors (Lipinski definition) is 1. The second-order valence-corrected chi connectivity index (χ2v) is 8.22. The Hall–Kier alpha value is -2.09. The number of nitrogens with zero attached hydrogens (tertiary/aromatic N) is 1. The summed E-state index contributed by atoms with van der Waals surface area (Å²) in [6, 6.07) is 4.51. The van der Waals surface area contributed by atoms with E-state index in [1.54, 1.807) is 45.2 Å². The molecule has 0 bridgehead atoms. The molecule has 7 heteroatoms. The van der Waals surface area contributed by atoms with Crippen LogP contribution in [0.1, 0.15) is 27.7 Å². The molecule has 0 spiro atoms. The Kier molecular flexibility index (Phi) is 4.98. The van der Waals surface area contributed by atoms with Crippen molar-refractivity contribution in [3.8, 4) is 11.5 Å². The van der Waals surface area contributed by atoms with Gasteiger partial charge in [-0.1, -0.05) is 19.9 Å². The van der Waals surface area contributed by atoms with E-state index in [-0.39, 0.29) is 6.61 Å². The average molecular weight is 391 g/mol. The fourth-order valence-electron chi connectivity index (χ4n) is 3.92. The molecule has 2 fully saturated rings. The van der Waals surface area contributed by atoms with Crippen molar-refractivity contribution in [1.82, 2.24) is 0 Å². The van der Waals surface area contributed by atoms with Crippen molar-refractivity contribution >= 4 is 11.6 Å². The SMILES string of the molecule is C=CC(C)(C)[C@]1(O)C(=O)N(c2ccc(OC)cc2OC)[C@H]1[C@H]1COC(C)(C)O1. The van der Waals surface area contributed by atoms with Crippen LogP contribution in [0.2, 0.25) is 0 Å². The van der Waals surface area contributed by atoms with Crippen molar-refractivity contribution in [3.63, 3.8) is 0 Å². The molecule has 1 amide bonds. The van der Waals surface area contributed by atoms with Crippen molar-refractivity contribution in [2.75, 3.05) is 25.7 Å². The molecule has 3 rings (SSSR count). The maximum Gasteiger partial charge on any atom is 0.262 e. The Morgan fingerprint density at radius 3 is 2.50 bits per heavy atom. The molecule has 0 radical (unpaired) electrons. The van der Waals surface area contributed by atoms with Gasteiger partial charge in [-0.25, -0.2) is 0 Å². The molecule has 0 saturated carbocycles. The molecule has 0 unspecified atom stereocenters. The number of carbonyl (C=O) groups excluding carboxylic acids is 1. The van der Waals surface area contributed by atoms with Gasteiger partial charge in [-0.05, 0) is 26.0 Å². The third kappa shape index (κ3) is 2.89. The maximum atomic E-state index is 13.3. The van der Waals surface area contributed by atoms with Gasteiger partial charge in [0.05, 0.1) is 26.5 Å². The molecule has 2 aliphatic heterocycles. The first-order valence-corrected chi connectivity index (χ1v) is 9.26. The minimum Gasteiger partial charge on any atom is -0.497 e. The summed E-state index contributed by atoms with van der Waals surface area (Å²) >= 11 is 0. The number of β-lactam (4-membered cyclic amide) rings is 1. The molecule has 1 aromatic rings. The van der Waals surface area contributed by atoms with Gasteiger partial charge in [0.1, 0.15) is 23.6 Å². The second-order valence-electron chi connectivity index (χ2n) is 8.22. The van der Waals surface area contributed by atoms with Gasteiger partial charge in [0.25, 0.3) is 5.91 Å². The van der Waals surface area contributed by atoms with E-state index in [1.807, 2.05) is 13.8 Å². The van der Waals surface area contributed by atoms with Gasteiger partial charge >= 0.3 is 0 Å². The summed E-state index contributed by atoms with van der Waals surface area (Å²) < 4.78 is 22.5. The van der Waals surface area contributed by atoms with E-state index in [9.17, 15) is 9.90 Å². The molecule has 3 atom stereocenters. The lowest BCUT2D eigenvalue weighted by Gasteiger charge is -2.59. The van der Waals surface area contributed by atoms with Gasteiger partial charge in [0.2, 0.25) is 0 Å². The van der Waals surface area contributed by atoms with Gasteiger partial charge < -0.3 is 24.1 Å². The highest BCUT2D eigenvalue weighted by Crippen LogP contribution is 2.52. The van der Waals surface area contributed by atoms with Crippen LogP contribution in [0.25, 0.3) is 0 Å². The highest BCUT2D eigenvalue weighted by atomic mass is 16.7. The molecule has 2 aliphatic rings. The van der Waals surface area contributed by atoms with Crippen LogP contribution in [0.4, 0.5) is 5.69 Å². The van der Waals surface area contributed by atoms with Crippen LogP contribution in [0, 0.1) is 5.41 Å². The third-order valence-electron chi connectivity index (χ3n) is 5.77. The number of amides is 1. The van der Waals surface area contributed by atoms with Crippen molar-refractivity contribution in [2.45, 2.75) is 51.2 Å². The number of anilines is 1. The average Bonchev–Trinajstić information content (AvgIpc) is 3.03. The van der Waals surface area contributed by atoms with Crippen molar-refractivity contribution in [1.29, 1.82) is 0 Å². The van der Waals surface area contributed by atoms with Gasteiger partial charge in [-0.15, -0.1) is 6.58 Å². The Morgan fingerprint density at radius 1 is 1.32 bits per heavy atom. The minimum atomic E-state index is -1.69. The number of aliphatic hydroxyl groups is 1. The number of rotatable bonds is 6. The van der Waals surface area contributed by atoms with Crippen LogP contribution in [0.3, 0.4) is 0 Å². The number of methoxy groups -OCH3 is 2. The zero-order chi connectivity index (χ0) is 20.9. The van der Waals surface area contributed by atoms with Crippen LogP contribution in [0.15, 0.2) is 30.9 Å². The van der Waals surface area contributed by atoms with Crippen LogP contribution in [0.5, 0.6) is 11.5 Å². The summed E-state index contributed by atoms with van der Waals surface area (Å²) in [6.45, 7) is 11.3. The fraction of sp³-hybridized carbons (Fsp3) is 0.571. The number of hydrogen-bond acceptors (Lipinski definition) is 6. The first kappa shape index (κ1) is 20.6.